The standard InChI is InChI=1S/C10H19NO2/c1-3-4-7(2)10(13)11-8-5-9(12)6-8/h7-9,12H,3-6H2,1-2H3,(H,11,13). The number of carbonyl (C=O) groups excluding carboxylic acids is 1. The number of aliphatic hydroxyl groups is 1. The van der Waals surface area contributed by atoms with Gasteiger partial charge < -0.3 is 10.4 Å². The molecule has 0 saturated heterocycles. The van der Waals surface area contributed by atoms with Gasteiger partial charge in [-0.3, -0.25) is 4.79 Å². The molecule has 1 rings (SSSR count). The smallest absolute Gasteiger partial charge is 0.223 e. The molecule has 1 fully saturated rings. The first-order valence-corrected chi connectivity index (χ1v) is 5.12. The van der Waals surface area contributed by atoms with Gasteiger partial charge in [-0.1, -0.05) is 20.3 Å². The maximum atomic E-state index is 11.5. The van der Waals surface area contributed by atoms with E-state index in [1.165, 1.54) is 0 Å². The summed E-state index contributed by atoms with van der Waals surface area (Å²) in [5, 5.41) is 12.0. The van der Waals surface area contributed by atoms with E-state index in [0.717, 1.165) is 25.7 Å². The number of hydrogen-bond donors (Lipinski definition) is 2. The molecule has 1 amide bonds. The summed E-state index contributed by atoms with van der Waals surface area (Å²) in [6, 6.07) is 0.224. The van der Waals surface area contributed by atoms with E-state index >= 15 is 0 Å². The average Bonchev–Trinajstić information content (AvgIpc) is 2.02. The van der Waals surface area contributed by atoms with Gasteiger partial charge in [0, 0.05) is 12.0 Å². The van der Waals surface area contributed by atoms with Crippen LogP contribution in [0.4, 0.5) is 0 Å². The highest BCUT2D eigenvalue weighted by atomic mass is 16.3. The van der Waals surface area contributed by atoms with Crippen LogP contribution < -0.4 is 5.32 Å². The Hall–Kier alpha value is -0.570. The van der Waals surface area contributed by atoms with Crippen molar-refractivity contribution >= 4 is 5.91 Å². The molecule has 3 heteroatoms. The van der Waals surface area contributed by atoms with E-state index in [4.69, 9.17) is 5.11 Å². The molecule has 0 aromatic carbocycles. The average molecular weight is 185 g/mol. The Balaban J connectivity index is 2.17. The third-order valence-electron chi connectivity index (χ3n) is 2.63. The van der Waals surface area contributed by atoms with Crippen molar-refractivity contribution in [1.29, 1.82) is 0 Å². The zero-order valence-corrected chi connectivity index (χ0v) is 8.42. The molecule has 0 aromatic rings. The van der Waals surface area contributed by atoms with Crippen LogP contribution in [0, 0.1) is 5.92 Å². The van der Waals surface area contributed by atoms with E-state index in [0.29, 0.717) is 0 Å². The molecular formula is C10H19NO2. The van der Waals surface area contributed by atoms with Crippen LogP contribution in [0.3, 0.4) is 0 Å². The van der Waals surface area contributed by atoms with Gasteiger partial charge in [0.05, 0.1) is 6.10 Å². The molecule has 0 spiro atoms. The third kappa shape index (κ3) is 2.99. The quantitative estimate of drug-likeness (QED) is 0.688. The largest absolute Gasteiger partial charge is 0.393 e. The van der Waals surface area contributed by atoms with Crippen LogP contribution in [-0.2, 0) is 4.79 Å². The SMILES string of the molecule is CCCC(C)C(=O)NC1CC(O)C1. The number of amides is 1. The van der Waals surface area contributed by atoms with Gasteiger partial charge in [-0.05, 0) is 19.3 Å². The zero-order chi connectivity index (χ0) is 9.84. The van der Waals surface area contributed by atoms with Crippen LogP contribution in [0.2, 0.25) is 0 Å². The summed E-state index contributed by atoms with van der Waals surface area (Å²) in [5.41, 5.74) is 0. The molecule has 0 radical (unpaired) electrons. The second-order valence-corrected chi connectivity index (χ2v) is 4.02. The number of rotatable bonds is 4. The monoisotopic (exact) mass is 185 g/mol. The van der Waals surface area contributed by atoms with Crippen molar-refractivity contribution in [2.24, 2.45) is 5.92 Å². The summed E-state index contributed by atoms with van der Waals surface area (Å²) in [5.74, 6) is 0.251. The second kappa shape index (κ2) is 4.61. The van der Waals surface area contributed by atoms with Gasteiger partial charge in [0.2, 0.25) is 5.91 Å². The molecule has 2 N–H and O–H groups in total. The normalized spacial score (nSPS) is 29.2. The van der Waals surface area contributed by atoms with Gasteiger partial charge >= 0.3 is 0 Å². The summed E-state index contributed by atoms with van der Waals surface area (Å²) in [4.78, 5) is 11.5. The molecule has 13 heavy (non-hydrogen) atoms. The fourth-order valence-electron chi connectivity index (χ4n) is 1.61. The molecule has 1 atom stereocenters. The summed E-state index contributed by atoms with van der Waals surface area (Å²) in [7, 11) is 0. The van der Waals surface area contributed by atoms with E-state index in [1.54, 1.807) is 0 Å². The van der Waals surface area contributed by atoms with Crippen molar-refractivity contribution in [2.45, 2.75) is 51.7 Å². The van der Waals surface area contributed by atoms with Crippen molar-refractivity contribution in [3.8, 4) is 0 Å². The van der Waals surface area contributed by atoms with E-state index in [-0.39, 0.29) is 24.0 Å². The molecular weight excluding hydrogens is 166 g/mol. The lowest BCUT2D eigenvalue weighted by Gasteiger charge is -2.32. The molecule has 76 valence electrons. The first kappa shape index (κ1) is 10.5. The molecule has 0 aliphatic heterocycles. The Labute approximate surface area is 79.5 Å². The summed E-state index contributed by atoms with van der Waals surface area (Å²) >= 11 is 0. The fraction of sp³-hybridized carbons (Fsp3) is 0.900. The van der Waals surface area contributed by atoms with E-state index in [2.05, 4.69) is 12.2 Å². The Morgan fingerprint density at radius 1 is 1.62 bits per heavy atom. The fourth-order valence-corrected chi connectivity index (χ4v) is 1.61. The first-order chi connectivity index (χ1) is 6.13. The topological polar surface area (TPSA) is 49.3 Å². The lowest BCUT2D eigenvalue weighted by Crippen LogP contribution is -2.48. The van der Waals surface area contributed by atoms with Crippen molar-refractivity contribution in [3.05, 3.63) is 0 Å². The molecule has 3 nitrogen and oxygen atoms in total. The van der Waals surface area contributed by atoms with Crippen molar-refractivity contribution in [1.82, 2.24) is 5.32 Å². The van der Waals surface area contributed by atoms with Gasteiger partial charge in [0.15, 0.2) is 0 Å². The highest BCUT2D eigenvalue weighted by Gasteiger charge is 2.29. The maximum Gasteiger partial charge on any atom is 0.223 e. The van der Waals surface area contributed by atoms with Crippen LogP contribution in [0.5, 0.6) is 0 Å². The minimum atomic E-state index is -0.188. The summed E-state index contributed by atoms with van der Waals surface area (Å²) < 4.78 is 0. The Bertz CT molecular complexity index is 176. The first-order valence-electron chi connectivity index (χ1n) is 5.12. The molecule has 1 aliphatic carbocycles. The van der Waals surface area contributed by atoms with E-state index in [9.17, 15) is 4.79 Å². The van der Waals surface area contributed by atoms with E-state index < -0.39 is 0 Å². The lowest BCUT2D eigenvalue weighted by atomic mass is 9.89. The number of hydrogen-bond acceptors (Lipinski definition) is 2. The highest BCUT2D eigenvalue weighted by molar-refractivity contribution is 5.78. The van der Waals surface area contributed by atoms with Gasteiger partial charge in [0.1, 0.15) is 0 Å². The summed E-state index contributed by atoms with van der Waals surface area (Å²) in [6.07, 6.45) is 3.25. The van der Waals surface area contributed by atoms with Crippen LogP contribution in [0.15, 0.2) is 0 Å². The molecule has 0 bridgehead atoms. The molecule has 1 saturated carbocycles. The van der Waals surface area contributed by atoms with Crippen molar-refractivity contribution < 1.29 is 9.90 Å². The van der Waals surface area contributed by atoms with Gasteiger partial charge in [-0.15, -0.1) is 0 Å². The summed E-state index contributed by atoms with van der Waals surface area (Å²) in [6.45, 7) is 4.03. The Kier molecular flexibility index (Phi) is 3.72. The lowest BCUT2D eigenvalue weighted by molar-refractivity contribution is -0.126. The minimum Gasteiger partial charge on any atom is -0.393 e. The van der Waals surface area contributed by atoms with Gasteiger partial charge in [0.25, 0.3) is 0 Å². The van der Waals surface area contributed by atoms with Crippen LogP contribution >= 0.6 is 0 Å². The molecule has 0 aromatic heterocycles. The Morgan fingerprint density at radius 3 is 2.69 bits per heavy atom. The number of carbonyl (C=O) groups is 1. The third-order valence-corrected chi connectivity index (χ3v) is 2.63. The zero-order valence-electron chi connectivity index (χ0n) is 8.42. The van der Waals surface area contributed by atoms with Gasteiger partial charge in [-0.25, -0.2) is 0 Å². The number of nitrogens with one attached hydrogen (secondary N) is 1. The highest BCUT2D eigenvalue weighted by Crippen LogP contribution is 2.20. The molecule has 1 aliphatic rings. The van der Waals surface area contributed by atoms with Crippen molar-refractivity contribution in [2.75, 3.05) is 0 Å². The van der Waals surface area contributed by atoms with Crippen molar-refractivity contribution in [3.63, 3.8) is 0 Å². The predicted octanol–water partition coefficient (Wildman–Crippen LogP) is 1.06. The van der Waals surface area contributed by atoms with Crippen LogP contribution in [-0.4, -0.2) is 23.2 Å². The minimum absolute atomic E-state index is 0.114. The molecule has 0 heterocycles. The number of aliphatic hydroxyl groups excluding tert-OH is 1. The molecule has 1 unspecified atom stereocenters. The maximum absolute atomic E-state index is 11.5. The second-order valence-electron chi connectivity index (χ2n) is 4.02. The Morgan fingerprint density at radius 2 is 2.23 bits per heavy atom. The van der Waals surface area contributed by atoms with E-state index in [1.807, 2.05) is 6.92 Å². The van der Waals surface area contributed by atoms with Crippen LogP contribution in [0.1, 0.15) is 39.5 Å². The predicted molar refractivity (Wildman–Crippen MR) is 51.2 cm³/mol. The van der Waals surface area contributed by atoms with Gasteiger partial charge in [-0.2, -0.15) is 0 Å². The van der Waals surface area contributed by atoms with Crippen LogP contribution in [0.25, 0.3) is 0 Å².